The van der Waals surface area contributed by atoms with Crippen molar-refractivity contribution in [3.05, 3.63) is 23.5 Å². The molecule has 1 amide bonds. The third kappa shape index (κ3) is 3.01. The summed E-state index contributed by atoms with van der Waals surface area (Å²) in [6.07, 6.45) is 0.232. The molecule has 1 aliphatic heterocycles. The van der Waals surface area contributed by atoms with Crippen LogP contribution in [-0.4, -0.2) is 62.9 Å². The maximum atomic E-state index is 14.2. The van der Waals surface area contributed by atoms with Gasteiger partial charge in [-0.25, -0.2) is 4.39 Å². The molecule has 8 heteroatoms. The maximum absolute atomic E-state index is 14.2. The summed E-state index contributed by atoms with van der Waals surface area (Å²) in [5, 5.41) is 9.47. The van der Waals surface area contributed by atoms with E-state index < -0.39 is 23.1 Å². The second-order valence-corrected chi connectivity index (χ2v) is 5.65. The van der Waals surface area contributed by atoms with Crippen LogP contribution in [0.4, 0.5) is 4.39 Å². The fourth-order valence-corrected chi connectivity index (χ4v) is 2.94. The number of hydrogen-bond donors (Lipinski definition) is 1. The molecule has 1 aromatic carbocycles. The van der Waals surface area contributed by atoms with Crippen molar-refractivity contribution >= 4 is 11.9 Å². The lowest BCUT2D eigenvalue weighted by Gasteiger charge is -2.24. The van der Waals surface area contributed by atoms with E-state index in [0.29, 0.717) is 0 Å². The highest BCUT2D eigenvalue weighted by Gasteiger charge is 2.47. The maximum Gasteiger partial charge on any atom is 0.313 e. The van der Waals surface area contributed by atoms with Gasteiger partial charge in [0.2, 0.25) is 0 Å². The topological polar surface area (TPSA) is 85.3 Å². The first kappa shape index (κ1) is 18.0. The van der Waals surface area contributed by atoms with Crippen LogP contribution in [0.5, 0.6) is 11.5 Å². The first-order chi connectivity index (χ1) is 11.4. The van der Waals surface area contributed by atoms with Gasteiger partial charge in [0.1, 0.15) is 16.8 Å². The standard InChI is InChI=1S/C16H20FNO6/c1-22-9-16(15(20)21)6-7-18(8-16)14(19)12-10(17)4-5-11(23-2)13(12)24-3/h4-5H,6-9H2,1-3H3,(H,20,21). The number of rotatable bonds is 6. The Morgan fingerprint density at radius 3 is 2.54 bits per heavy atom. The number of likely N-dealkylation sites (tertiary alicyclic amines) is 1. The zero-order chi connectivity index (χ0) is 17.9. The summed E-state index contributed by atoms with van der Waals surface area (Å²) in [6, 6.07) is 2.48. The van der Waals surface area contributed by atoms with Crippen molar-refractivity contribution in [2.24, 2.45) is 5.41 Å². The van der Waals surface area contributed by atoms with Crippen LogP contribution in [0.15, 0.2) is 12.1 Å². The minimum Gasteiger partial charge on any atom is -0.493 e. The molecule has 1 fully saturated rings. The van der Waals surface area contributed by atoms with Crippen molar-refractivity contribution in [3.63, 3.8) is 0 Å². The van der Waals surface area contributed by atoms with Crippen LogP contribution < -0.4 is 9.47 Å². The smallest absolute Gasteiger partial charge is 0.313 e. The van der Waals surface area contributed by atoms with Gasteiger partial charge < -0.3 is 24.2 Å². The van der Waals surface area contributed by atoms with Crippen molar-refractivity contribution < 1.29 is 33.3 Å². The van der Waals surface area contributed by atoms with Crippen LogP contribution in [-0.2, 0) is 9.53 Å². The largest absolute Gasteiger partial charge is 0.493 e. The lowest BCUT2D eigenvalue weighted by molar-refractivity contribution is -0.151. The molecular weight excluding hydrogens is 321 g/mol. The normalized spacial score (nSPS) is 20.1. The van der Waals surface area contributed by atoms with Gasteiger partial charge in [0.05, 0.1) is 20.8 Å². The summed E-state index contributed by atoms with van der Waals surface area (Å²) in [5.41, 5.74) is -1.46. The molecule has 1 N–H and O–H groups in total. The Hall–Kier alpha value is -2.35. The number of aliphatic carboxylic acids is 1. The van der Waals surface area contributed by atoms with Gasteiger partial charge in [-0.05, 0) is 18.6 Å². The first-order valence-corrected chi connectivity index (χ1v) is 7.32. The van der Waals surface area contributed by atoms with Gasteiger partial charge in [0.15, 0.2) is 11.5 Å². The van der Waals surface area contributed by atoms with Gasteiger partial charge in [0.25, 0.3) is 5.91 Å². The molecule has 24 heavy (non-hydrogen) atoms. The van der Waals surface area contributed by atoms with E-state index in [9.17, 15) is 19.1 Å². The van der Waals surface area contributed by atoms with E-state index in [1.807, 2.05) is 0 Å². The van der Waals surface area contributed by atoms with Crippen LogP contribution in [0.2, 0.25) is 0 Å². The van der Waals surface area contributed by atoms with E-state index in [2.05, 4.69) is 0 Å². The molecule has 0 aromatic heterocycles. The van der Waals surface area contributed by atoms with E-state index in [1.54, 1.807) is 0 Å². The van der Waals surface area contributed by atoms with E-state index in [4.69, 9.17) is 14.2 Å². The Labute approximate surface area is 138 Å². The summed E-state index contributed by atoms with van der Waals surface area (Å²) < 4.78 is 29.4. The van der Waals surface area contributed by atoms with Gasteiger partial charge in [-0.3, -0.25) is 9.59 Å². The predicted molar refractivity (Wildman–Crippen MR) is 82.0 cm³/mol. The van der Waals surface area contributed by atoms with Crippen LogP contribution in [0.1, 0.15) is 16.8 Å². The van der Waals surface area contributed by atoms with Gasteiger partial charge in [0, 0.05) is 20.2 Å². The zero-order valence-electron chi connectivity index (χ0n) is 13.8. The summed E-state index contributed by atoms with van der Waals surface area (Å²) in [5.74, 6) is -2.22. The lowest BCUT2D eigenvalue weighted by atomic mass is 9.88. The number of hydrogen-bond acceptors (Lipinski definition) is 5. The molecule has 0 saturated carbocycles. The Kier molecular flexibility index (Phi) is 5.28. The third-order valence-corrected chi connectivity index (χ3v) is 4.22. The lowest BCUT2D eigenvalue weighted by Crippen LogP contribution is -2.40. The van der Waals surface area contributed by atoms with Crippen molar-refractivity contribution in [1.82, 2.24) is 4.90 Å². The number of methoxy groups -OCH3 is 3. The molecule has 2 rings (SSSR count). The minimum atomic E-state index is -1.19. The highest BCUT2D eigenvalue weighted by molar-refractivity contribution is 5.98. The molecular formula is C16H20FNO6. The van der Waals surface area contributed by atoms with Crippen molar-refractivity contribution in [2.45, 2.75) is 6.42 Å². The minimum absolute atomic E-state index is 0.0120. The molecule has 132 valence electrons. The van der Waals surface area contributed by atoms with Crippen molar-refractivity contribution in [2.75, 3.05) is 41.0 Å². The third-order valence-electron chi connectivity index (χ3n) is 4.22. The molecule has 1 atom stereocenters. The van der Waals surface area contributed by atoms with Crippen LogP contribution in [0.3, 0.4) is 0 Å². The first-order valence-electron chi connectivity index (χ1n) is 7.32. The number of halogens is 1. The van der Waals surface area contributed by atoms with Gasteiger partial charge >= 0.3 is 5.97 Å². The van der Waals surface area contributed by atoms with Gasteiger partial charge in [-0.1, -0.05) is 0 Å². The monoisotopic (exact) mass is 341 g/mol. The number of ether oxygens (including phenoxy) is 3. The van der Waals surface area contributed by atoms with E-state index in [-0.39, 0.29) is 43.2 Å². The SMILES string of the molecule is COCC1(C(=O)O)CCN(C(=O)c2c(F)ccc(OC)c2OC)C1. The number of benzene rings is 1. The quantitative estimate of drug-likeness (QED) is 0.842. The molecule has 7 nitrogen and oxygen atoms in total. The van der Waals surface area contributed by atoms with E-state index >= 15 is 0 Å². The number of carbonyl (C=O) groups is 2. The average molecular weight is 341 g/mol. The number of amides is 1. The molecule has 1 aromatic rings. The molecule has 1 aliphatic rings. The average Bonchev–Trinajstić information content (AvgIpc) is 3.00. The number of carboxylic acids is 1. The second kappa shape index (κ2) is 7.04. The highest BCUT2D eigenvalue weighted by atomic mass is 19.1. The summed E-state index contributed by atoms with van der Waals surface area (Å²) in [7, 11) is 4.10. The van der Waals surface area contributed by atoms with Gasteiger partial charge in [-0.2, -0.15) is 0 Å². The molecule has 0 aliphatic carbocycles. The zero-order valence-corrected chi connectivity index (χ0v) is 13.8. The summed E-state index contributed by atoms with van der Waals surface area (Å²) in [4.78, 5) is 25.6. The Bertz CT molecular complexity index is 650. The van der Waals surface area contributed by atoms with E-state index in [0.717, 1.165) is 6.07 Å². The molecule has 1 unspecified atom stereocenters. The van der Waals surface area contributed by atoms with Crippen molar-refractivity contribution in [1.29, 1.82) is 0 Å². The Morgan fingerprint density at radius 1 is 1.29 bits per heavy atom. The fourth-order valence-electron chi connectivity index (χ4n) is 2.94. The van der Waals surface area contributed by atoms with Crippen LogP contribution >= 0.6 is 0 Å². The molecule has 0 radical (unpaired) electrons. The molecule has 1 saturated heterocycles. The predicted octanol–water partition coefficient (Wildman–Crippen LogP) is 1.41. The molecule has 0 bridgehead atoms. The number of carboxylic acid groups (broad SMARTS) is 1. The molecule has 1 heterocycles. The summed E-state index contributed by atoms with van der Waals surface area (Å²) >= 11 is 0. The number of carbonyl (C=O) groups excluding carboxylic acids is 1. The molecule has 0 spiro atoms. The summed E-state index contributed by atoms with van der Waals surface area (Å²) in [6.45, 7) is 0.104. The highest BCUT2D eigenvalue weighted by Crippen LogP contribution is 2.37. The van der Waals surface area contributed by atoms with Gasteiger partial charge in [-0.15, -0.1) is 0 Å². The fraction of sp³-hybridized carbons (Fsp3) is 0.500. The number of nitrogens with zero attached hydrogens (tertiary/aromatic N) is 1. The van der Waals surface area contributed by atoms with Crippen LogP contribution in [0, 0.1) is 11.2 Å². The van der Waals surface area contributed by atoms with Crippen molar-refractivity contribution in [3.8, 4) is 11.5 Å². The Morgan fingerprint density at radius 2 is 2.00 bits per heavy atom. The van der Waals surface area contributed by atoms with Crippen LogP contribution in [0.25, 0.3) is 0 Å². The second-order valence-electron chi connectivity index (χ2n) is 5.65. The van der Waals surface area contributed by atoms with E-state index in [1.165, 1.54) is 32.3 Å². The Balaban J connectivity index is 2.36.